The Labute approximate surface area is 152 Å². The Kier molecular flexibility index (Phi) is 3.81. The minimum atomic E-state index is -1.09. The number of H-pyrrole nitrogens is 1. The lowest BCUT2D eigenvalue weighted by Crippen LogP contribution is -2.44. The molecule has 3 heterocycles. The van der Waals surface area contributed by atoms with Gasteiger partial charge in [-0.15, -0.1) is 0 Å². The van der Waals surface area contributed by atoms with Crippen molar-refractivity contribution in [3.05, 3.63) is 33.9 Å². The lowest BCUT2D eigenvalue weighted by molar-refractivity contribution is 0.0740. The minimum absolute atomic E-state index is 0.148. The van der Waals surface area contributed by atoms with Gasteiger partial charge in [0.15, 0.2) is 0 Å². The summed E-state index contributed by atoms with van der Waals surface area (Å²) in [5, 5.41) is 20.7. The number of fused-ring (bicyclic) bond motifs is 1. The third-order valence-electron chi connectivity index (χ3n) is 6.16. The Balaban J connectivity index is 1.85. The molecule has 0 aromatic carbocycles. The molecule has 2 fully saturated rings. The summed E-state index contributed by atoms with van der Waals surface area (Å²) in [6.07, 6.45) is 7.71. The average Bonchev–Trinajstić information content (AvgIpc) is 2.58. The number of aromatic nitrogens is 2. The summed E-state index contributed by atoms with van der Waals surface area (Å²) in [6, 6.07) is 3.89. The first-order chi connectivity index (χ1) is 12.3. The first-order valence-electron chi connectivity index (χ1n) is 9.27. The summed E-state index contributed by atoms with van der Waals surface area (Å²) in [7, 11) is 0. The van der Waals surface area contributed by atoms with Gasteiger partial charge >= 0.3 is 0 Å². The molecule has 2 aromatic rings. The molecule has 2 aliphatic rings. The zero-order valence-corrected chi connectivity index (χ0v) is 15.3. The van der Waals surface area contributed by atoms with Gasteiger partial charge in [0.05, 0.1) is 23.1 Å². The van der Waals surface area contributed by atoms with Crippen LogP contribution in [0.2, 0.25) is 0 Å². The zero-order valence-electron chi connectivity index (χ0n) is 15.3. The molecule has 26 heavy (non-hydrogen) atoms. The number of nitrogens with zero attached hydrogens (tertiary/aromatic N) is 3. The number of anilines is 1. The summed E-state index contributed by atoms with van der Waals surface area (Å²) in [5.74, 6) is 0. The number of nitriles is 1. The molecule has 6 nitrogen and oxygen atoms in total. The minimum Gasteiger partial charge on any atom is -0.384 e. The number of hydrogen-bond acceptors (Lipinski definition) is 5. The molecule has 1 spiro atoms. The van der Waals surface area contributed by atoms with E-state index in [1.165, 1.54) is 19.3 Å². The molecule has 1 saturated heterocycles. The Morgan fingerprint density at radius 2 is 2.00 bits per heavy atom. The monoisotopic (exact) mass is 352 g/mol. The van der Waals surface area contributed by atoms with Gasteiger partial charge in [0.1, 0.15) is 17.2 Å². The van der Waals surface area contributed by atoms with E-state index in [-0.39, 0.29) is 11.1 Å². The molecule has 4 rings (SSSR count). The standard InChI is InChI=1S/C20H24N4O2/c1-19(2,26)16-10-13-15(12-22-16)23-18(25)14(11-21)17(13)24-8-6-20(7-9-24)4-3-5-20/h10,12,26H,3-9H2,1-2H3,(H,23,25). The Morgan fingerprint density at radius 3 is 2.54 bits per heavy atom. The lowest BCUT2D eigenvalue weighted by atomic mass is 9.63. The van der Waals surface area contributed by atoms with Gasteiger partial charge < -0.3 is 15.0 Å². The third-order valence-corrected chi connectivity index (χ3v) is 6.16. The van der Waals surface area contributed by atoms with Crippen molar-refractivity contribution in [2.24, 2.45) is 5.41 Å². The second kappa shape index (κ2) is 5.82. The predicted octanol–water partition coefficient (Wildman–Crippen LogP) is 2.79. The molecule has 1 saturated carbocycles. The van der Waals surface area contributed by atoms with Gasteiger partial charge in [0.2, 0.25) is 0 Å². The zero-order chi connectivity index (χ0) is 18.5. The van der Waals surface area contributed by atoms with Gasteiger partial charge in [-0.25, -0.2) is 0 Å². The molecule has 0 amide bonds. The summed E-state index contributed by atoms with van der Waals surface area (Å²) >= 11 is 0. The van der Waals surface area contributed by atoms with Gasteiger partial charge in [-0.2, -0.15) is 5.26 Å². The number of aliphatic hydroxyl groups is 1. The van der Waals surface area contributed by atoms with Crippen molar-refractivity contribution in [1.29, 1.82) is 5.26 Å². The summed E-state index contributed by atoms with van der Waals surface area (Å²) in [4.78, 5) is 21.6. The topological polar surface area (TPSA) is 93.0 Å². The number of pyridine rings is 2. The first-order valence-corrected chi connectivity index (χ1v) is 9.27. The van der Waals surface area contributed by atoms with Crippen LogP contribution in [0.4, 0.5) is 5.69 Å². The predicted molar refractivity (Wildman–Crippen MR) is 100 cm³/mol. The smallest absolute Gasteiger partial charge is 0.268 e. The molecule has 6 heteroatoms. The van der Waals surface area contributed by atoms with Crippen molar-refractivity contribution in [3.8, 4) is 6.07 Å². The number of nitrogens with one attached hydrogen (secondary N) is 1. The van der Waals surface area contributed by atoms with Crippen LogP contribution in [0.15, 0.2) is 17.1 Å². The molecule has 2 N–H and O–H groups in total. The molecule has 0 atom stereocenters. The molecule has 0 unspecified atom stereocenters. The van der Waals surface area contributed by atoms with Crippen LogP contribution >= 0.6 is 0 Å². The second-order valence-corrected chi connectivity index (χ2v) is 8.30. The van der Waals surface area contributed by atoms with E-state index < -0.39 is 5.60 Å². The van der Waals surface area contributed by atoms with Crippen LogP contribution in [0.3, 0.4) is 0 Å². The van der Waals surface area contributed by atoms with Crippen LogP contribution in [0, 0.1) is 16.7 Å². The van der Waals surface area contributed by atoms with Crippen LogP contribution in [0.1, 0.15) is 57.2 Å². The van der Waals surface area contributed by atoms with E-state index in [1.54, 1.807) is 26.1 Å². The SMILES string of the molecule is CC(C)(O)c1cc2c(N3CCC4(CCC4)CC3)c(C#N)c(=O)[nH]c2cn1. The van der Waals surface area contributed by atoms with Crippen molar-refractivity contribution in [3.63, 3.8) is 0 Å². The fraction of sp³-hybridized carbons (Fsp3) is 0.550. The van der Waals surface area contributed by atoms with E-state index in [9.17, 15) is 15.2 Å². The molecular weight excluding hydrogens is 328 g/mol. The molecule has 136 valence electrons. The van der Waals surface area contributed by atoms with E-state index in [4.69, 9.17) is 0 Å². The molecule has 0 bridgehead atoms. The van der Waals surface area contributed by atoms with E-state index >= 15 is 0 Å². The van der Waals surface area contributed by atoms with Gasteiger partial charge in [-0.3, -0.25) is 9.78 Å². The maximum atomic E-state index is 12.4. The van der Waals surface area contributed by atoms with Crippen LogP contribution in [-0.4, -0.2) is 28.2 Å². The fourth-order valence-corrected chi connectivity index (χ4v) is 4.33. The maximum absolute atomic E-state index is 12.4. The van der Waals surface area contributed by atoms with Crippen molar-refractivity contribution in [2.45, 2.75) is 51.6 Å². The van der Waals surface area contributed by atoms with Gasteiger partial charge in [0, 0.05) is 18.5 Å². The van der Waals surface area contributed by atoms with Crippen LogP contribution < -0.4 is 10.5 Å². The molecular formula is C20H24N4O2. The number of piperidine rings is 1. The molecule has 1 aliphatic carbocycles. The Morgan fingerprint density at radius 1 is 1.31 bits per heavy atom. The largest absolute Gasteiger partial charge is 0.384 e. The molecule has 0 radical (unpaired) electrons. The van der Waals surface area contributed by atoms with Crippen molar-refractivity contribution in [2.75, 3.05) is 18.0 Å². The van der Waals surface area contributed by atoms with Crippen molar-refractivity contribution >= 4 is 16.6 Å². The third kappa shape index (κ3) is 2.67. The number of aromatic amines is 1. The summed E-state index contributed by atoms with van der Waals surface area (Å²) in [5.41, 5.74) is 0.975. The average molecular weight is 352 g/mol. The van der Waals surface area contributed by atoms with Gasteiger partial charge in [-0.05, 0) is 51.0 Å². The van der Waals surface area contributed by atoms with Crippen molar-refractivity contribution < 1.29 is 5.11 Å². The fourth-order valence-electron chi connectivity index (χ4n) is 4.33. The second-order valence-electron chi connectivity index (χ2n) is 8.30. The normalized spacial score (nSPS) is 19.4. The Bertz CT molecular complexity index is 951. The number of hydrogen-bond donors (Lipinski definition) is 2. The van der Waals surface area contributed by atoms with E-state index in [1.807, 2.05) is 0 Å². The summed E-state index contributed by atoms with van der Waals surface area (Å²) < 4.78 is 0. The lowest BCUT2D eigenvalue weighted by Gasteiger charge is -2.48. The highest BCUT2D eigenvalue weighted by atomic mass is 16.3. The van der Waals surface area contributed by atoms with Crippen LogP contribution in [-0.2, 0) is 5.60 Å². The first kappa shape index (κ1) is 17.0. The number of rotatable bonds is 2. The quantitative estimate of drug-likeness (QED) is 0.867. The van der Waals surface area contributed by atoms with E-state index in [2.05, 4.69) is 20.9 Å². The van der Waals surface area contributed by atoms with Gasteiger partial charge in [-0.1, -0.05) is 6.42 Å². The molecule has 1 aliphatic heterocycles. The van der Waals surface area contributed by atoms with E-state index in [0.29, 0.717) is 22.3 Å². The highest BCUT2D eigenvalue weighted by Gasteiger charge is 2.40. The van der Waals surface area contributed by atoms with E-state index in [0.717, 1.165) is 31.3 Å². The maximum Gasteiger partial charge on any atom is 0.268 e. The van der Waals surface area contributed by atoms with Crippen molar-refractivity contribution in [1.82, 2.24) is 9.97 Å². The Hall–Kier alpha value is -2.39. The highest BCUT2D eigenvalue weighted by Crippen LogP contribution is 2.49. The summed E-state index contributed by atoms with van der Waals surface area (Å²) in [6.45, 7) is 5.07. The van der Waals surface area contributed by atoms with Gasteiger partial charge in [0.25, 0.3) is 5.56 Å². The molecule has 2 aromatic heterocycles. The highest BCUT2D eigenvalue weighted by molar-refractivity contribution is 5.94. The van der Waals surface area contributed by atoms with Crippen LogP contribution in [0.25, 0.3) is 10.9 Å². The van der Waals surface area contributed by atoms with Crippen LogP contribution in [0.5, 0.6) is 0 Å².